The molecule has 0 spiro atoms. The molecule has 0 aliphatic rings. The average molecular weight is 453 g/mol. The summed E-state index contributed by atoms with van der Waals surface area (Å²) in [5.74, 6) is 0. The van der Waals surface area contributed by atoms with Crippen LogP contribution >= 0.6 is 12.2 Å². The number of hydrogen-bond donors (Lipinski definition) is 2. The molecule has 0 aliphatic heterocycles. The van der Waals surface area contributed by atoms with Crippen LogP contribution in [-0.4, -0.2) is 36.5 Å². The van der Waals surface area contributed by atoms with E-state index < -0.39 is 10.0 Å². The van der Waals surface area contributed by atoms with Gasteiger partial charge in [0.25, 0.3) is 0 Å². The fourth-order valence-electron chi connectivity index (χ4n) is 3.71. The van der Waals surface area contributed by atoms with Crippen LogP contribution < -0.4 is 10.6 Å². The summed E-state index contributed by atoms with van der Waals surface area (Å²) in [5, 5.41) is 9.02. The van der Waals surface area contributed by atoms with E-state index in [1.807, 2.05) is 12.1 Å². The molecule has 0 aliphatic carbocycles. The van der Waals surface area contributed by atoms with Gasteiger partial charge in [-0.2, -0.15) is 0 Å². The van der Waals surface area contributed by atoms with Crippen molar-refractivity contribution in [2.24, 2.45) is 0 Å². The average Bonchev–Trinajstić information content (AvgIpc) is 3.06. The zero-order chi connectivity index (χ0) is 22.2. The van der Waals surface area contributed by atoms with E-state index >= 15 is 0 Å². The van der Waals surface area contributed by atoms with Crippen molar-refractivity contribution in [1.82, 2.24) is 8.87 Å². The molecule has 3 aromatic carbocycles. The number of anilines is 2. The number of thiocarbonyl (C=S) groups is 1. The lowest BCUT2D eigenvalue weighted by Crippen LogP contribution is -2.23. The quantitative estimate of drug-likeness (QED) is 0.423. The van der Waals surface area contributed by atoms with E-state index in [1.165, 1.54) is 34.8 Å². The predicted molar refractivity (Wildman–Crippen MR) is 132 cm³/mol. The van der Waals surface area contributed by atoms with Gasteiger partial charge in [-0.25, -0.2) is 12.7 Å². The van der Waals surface area contributed by atoms with Gasteiger partial charge in [-0.15, -0.1) is 0 Å². The molecule has 1 aromatic heterocycles. The molecule has 2 N–H and O–H groups in total. The summed E-state index contributed by atoms with van der Waals surface area (Å²) in [6.07, 6.45) is 0. The second-order valence-electron chi connectivity index (χ2n) is 7.39. The minimum atomic E-state index is -3.51. The lowest BCUT2D eigenvalue weighted by atomic mass is 10.1. The van der Waals surface area contributed by atoms with Crippen LogP contribution in [0, 0.1) is 0 Å². The molecule has 4 aromatic rings. The smallest absolute Gasteiger partial charge is 0.242 e. The molecule has 0 atom stereocenters. The lowest BCUT2D eigenvalue weighted by molar-refractivity contribution is 0.521. The largest absolute Gasteiger partial charge is 0.341 e. The summed E-state index contributed by atoms with van der Waals surface area (Å²) in [6.45, 7) is 3.03. The van der Waals surface area contributed by atoms with Gasteiger partial charge < -0.3 is 15.2 Å². The van der Waals surface area contributed by atoms with Gasteiger partial charge in [0, 0.05) is 53.8 Å². The predicted octanol–water partition coefficient (Wildman–Crippen LogP) is 4.87. The Labute approximate surface area is 187 Å². The molecule has 0 amide bonds. The Morgan fingerprint density at radius 1 is 0.903 bits per heavy atom. The van der Waals surface area contributed by atoms with Gasteiger partial charge in [0.2, 0.25) is 10.0 Å². The van der Waals surface area contributed by atoms with E-state index in [0.717, 1.165) is 17.6 Å². The monoisotopic (exact) mass is 452 g/mol. The van der Waals surface area contributed by atoms with Crippen LogP contribution in [0.15, 0.2) is 71.6 Å². The van der Waals surface area contributed by atoms with E-state index in [9.17, 15) is 8.42 Å². The number of benzene rings is 3. The van der Waals surface area contributed by atoms with Crippen molar-refractivity contribution >= 4 is 60.5 Å². The molecular formula is C23H24N4O2S2. The maximum atomic E-state index is 12.4. The number of para-hydroxylation sites is 1. The van der Waals surface area contributed by atoms with Crippen molar-refractivity contribution < 1.29 is 8.42 Å². The maximum absolute atomic E-state index is 12.4. The number of aromatic nitrogens is 1. The van der Waals surface area contributed by atoms with Crippen LogP contribution in [0.25, 0.3) is 21.8 Å². The van der Waals surface area contributed by atoms with Crippen molar-refractivity contribution in [1.29, 1.82) is 0 Å². The van der Waals surface area contributed by atoms with Gasteiger partial charge in [0.15, 0.2) is 5.11 Å². The molecule has 160 valence electrons. The van der Waals surface area contributed by atoms with Crippen molar-refractivity contribution in [3.8, 4) is 0 Å². The molecule has 6 nitrogen and oxygen atoms in total. The van der Waals surface area contributed by atoms with E-state index in [2.05, 4.69) is 52.5 Å². The van der Waals surface area contributed by atoms with E-state index in [4.69, 9.17) is 12.2 Å². The summed E-state index contributed by atoms with van der Waals surface area (Å²) in [6, 6.07) is 21.1. The zero-order valence-corrected chi connectivity index (χ0v) is 19.2. The lowest BCUT2D eigenvalue weighted by Gasteiger charge is -2.14. The van der Waals surface area contributed by atoms with Gasteiger partial charge in [-0.05, 0) is 61.6 Å². The van der Waals surface area contributed by atoms with Crippen LogP contribution in [0.2, 0.25) is 0 Å². The minimum Gasteiger partial charge on any atom is -0.341 e. The van der Waals surface area contributed by atoms with Gasteiger partial charge >= 0.3 is 0 Å². The molecule has 0 saturated heterocycles. The van der Waals surface area contributed by atoms with Gasteiger partial charge in [-0.3, -0.25) is 0 Å². The topological polar surface area (TPSA) is 66.4 Å². The highest BCUT2D eigenvalue weighted by atomic mass is 32.2. The molecular weight excluding hydrogens is 428 g/mol. The Hall–Kier alpha value is -2.94. The Morgan fingerprint density at radius 2 is 1.58 bits per heavy atom. The standard InChI is InChI=1S/C23H24N4O2S2/c1-4-27-21-11-6-5-10-19(21)20-15-17(12-13-22(20)27)25-23(30)24-16-8-7-9-18(14-16)31(28,29)26(2)3/h5-15H,4H2,1-3H3,(H2,24,25,30). The number of sulfonamides is 1. The summed E-state index contributed by atoms with van der Waals surface area (Å²) in [5.41, 5.74) is 3.84. The SMILES string of the molecule is CCn1c2ccccc2c2cc(NC(=S)Nc3cccc(S(=O)(=O)N(C)C)c3)ccc21. The first-order valence-electron chi connectivity index (χ1n) is 9.93. The van der Waals surface area contributed by atoms with Gasteiger partial charge in [0.05, 0.1) is 4.90 Å². The van der Waals surface area contributed by atoms with Crippen LogP contribution in [-0.2, 0) is 16.6 Å². The number of aryl methyl sites for hydroxylation is 1. The molecule has 4 rings (SSSR count). The van der Waals surface area contributed by atoms with E-state index in [-0.39, 0.29) is 4.90 Å². The molecule has 0 bridgehead atoms. The summed E-state index contributed by atoms with van der Waals surface area (Å²) >= 11 is 5.47. The molecule has 0 saturated carbocycles. The Bertz CT molecular complexity index is 1390. The zero-order valence-electron chi connectivity index (χ0n) is 17.6. The van der Waals surface area contributed by atoms with Crippen LogP contribution in [0.4, 0.5) is 11.4 Å². The van der Waals surface area contributed by atoms with Crippen LogP contribution in [0.5, 0.6) is 0 Å². The summed E-state index contributed by atoms with van der Waals surface area (Å²) < 4.78 is 28.2. The number of nitrogens with one attached hydrogen (secondary N) is 2. The van der Waals surface area contributed by atoms with E-state index in [0.29, 0.717) is 10.8 Å². The summed E-state index contributed by atoms with van der Waals surface area (Å²) in [7, 11) is -0.498. The maximum Gasteiger partial charge on any atom is 0.242 e. The summed E-state index contributed by atoms with van der Waals surface area (Å²) in [4.78, 5) is 0.207. The third kappa shape index (κ3) is 4.01. The molecule has 1 heterocycles. The highest BCUT2D eigenvalue weighted by molar-refractivity contribution is 7.89. The first-order chi connectivity index (χ1) is 14.8. The Balaban J connectivity index is 1.59. The Morgan fingerprint density at radius 3 is 2.29 bits per heavy atom. The number of nitrogens with zero attached hydrogens (tertiary/aromatic N) is 2. The fourth-order valence-corrected chi connectivity index (χ4v) is 4.89. The first-order valence-corrected chi connectivity index (χ1v) is 11.8. The third-order valence-corrected chi connectivity index (χ3v) is 7.23. The minimum absolute atomic E-state index is 0.207. The van der Waals surface area contributed by atoms with Crippen LogP contribution in [0.1, 0.15) is 6.92 Å². The van der Waals surface area contributed by atoms with Crippen molar-refractivity contribution in [2.75, 3.05) is 24.7 Å². The number of hydrogen-bond acceptors (Lipinski definition) is 3. The Kier molecular flexibility index (Phi) is 5.70. The third-order valence-electron chi connectivity index (χ3n) is 5.22. The molecule has 0 radical (unpaired) electrons. The highest BCUT2D eigenvalue weighted by Crippen LogP contribution is 2.31. The van der Waals surface area contributed by atoms with Gasteiger partial charge in [0.1, 0.15) is 0 Å². The van der Waals surface area contributed by atoms with Crippen molar-refractivity contribution in [3.05, 3.63) is 66.7 Å². The van der Waals surface area contributed by atoms with Gasteiger partial charge in [-0.1, -0.05) is 24.3 Å². The molecule has 0 unspecified atom stereocenters. The van der Waals surface area contributed by atoms with E-state index in [1.54, 1.807) is 24.3 Å². The molecule has 8 heteroatoms. The number of rotatable bonds is 5. The first kappa shape index (κ1) is 21.3. The van der Waals surface area contributed by atoms with Crippen LogP contribution in [0.3, 0.4) is 0 Å². The van der Waals surface area contributed by atoms with Crippen molar-refractivity contribution in [3.63, 3.8) is 0 Å². The fraction of sp³-hybridized carbons (Fsp3) is 0.174. The number of fused-ring (bicyclic) bond motifs is 3. The second kappa shape index (κ2) is 8.30. The highest BCUT2D eigenvalue weighted by Gasteiger charge is 2.17. The second-order valence-corrected chi connectivity index (χ2v) is 9.95. The molecule has 0 fully saturated rings. The normalized spacial score (nSPS) is 11.9. The molecule has 31 heavy (non-hydrogen) atoms. The van der Waals surface area contributed by atoms with Crippen molar-refractivity contribution in [2.45, 2.75) is 18.4 Å².